The number of Topliss-reactive ketones (excluding diaryl/α,β-unsaturated/α-hetero) is 1. The number of benzene rings is 1. The molecule has 2 aliphatic carbocycles. The van der Waals surface area contributed by atoms with E-state index in [1.807, 2.05) is 19.1 Å². The molecule has 0 heterocycles. The molecule has 1 aromatic rings. The van der Waals surface area contributed by atoms with Gasteiger partial charge in [0.1, 0.15) is 5.75 Å². The first-order valence-electron chi connectivity index (χ1n) is 7.84. The van der Waals surface area contributed by atoms with Crippen LogP contribution >= 0.6 is 0 Å². The maximum atomic E-state index is 12.7. The number of carbonyl (C=O) groups is 1. The fourth-order valence-corrected chi connectivity index (χ4v) is 3.96. The van der Waals surface area contributed by atoms with Crippen LogP contribution in [-0.2, 0) is 0 Å². The number of rotatable bonds is 1. The minimum atomic E-state index is 0.223. The lowest BCUT2D eigenvalue weighted by Gasteiger charge is -2.40. The number of allylic oxidation sites excluding steroid dienone is 1. The number of ketones is 1. The lowest BCUT2D eigenvalue weighted by atomic mass is 9.65. The molecule has 2 aliphatic rings. The summed E-state index contributed by atoms with van der Waals surface area (Å²) in [4.78, 5) is 12.7. The van der Waals surface area contributed by atoms with Crippen molar-refractivity contribution in [3.8, 4) is 5.75 Å². The van der Waals surface area contributed by atoms with Crippen LogP contribution in [0.5, 0.6) is 5.75 Å². The van der Waals surface area contributed by atoms with Crippen molar-refractivity contribution in [1.29, 1.82) is 0 Å². The second kappa shape index (κ2) is 5.01. The maximum absolute atomic E-state index is 12.7. The van der Waals surface area contributed by atoms with Gasteiger partial charge < -0.3 is 4.74 Å². The van der Waals surface area contributed by atoms with Crippen LogP contribution in [0.1, 0.15) is 61.0 Å². The Morgan fingerprint density at radius 1 is 1.29 bits per heavy atom. The molecule has 0 N–H and O–H groups in total. The maximum Gasteiger partial charge on any atom is 0.164 e. The summed E-state index contributed by atoms with van der Waals surface area (Å²) in [6, 6.07) is 4.03. The van der Waals surface area contributed by atoms with E-state index < -0.39 is 0 Å². The fraction of sp³-hybridized carbons (Fsp3) is 0.526. The molecule has 112 valence electrons. The van der Waals surface area contributed by atoms with Crippen molar-refractivity contribution in [2.24, 2.45) is 11.3 Å². The van der Waals surface area contributed by atoms with Gasteiger partial charge in [0.15, 0.2) is 5.78 Å². The Kier molecular flexibility index (Phi) is 3.43. The fourth-order valence-electron chi connectivity index (χ4n) is 3.96. The van der Waals surface area contributed by atoms with E-state index in [1.165, 1.54) is 18.4 Å². The molecule has 21 heavy (non-hydrogen) atoms. The van der Waals surface area contributed by atoms with Gasteiger partial charge in [0, 0.05) is 12.0 Å². The van der Waals surface area contributed by atoms with Crippen molar-refractivity contribution in [2.75, 3.05) is 7.11 Å². The zero-order valence-corrected chi connectivity index (χ0v) is 13.5. The minimum Gasteiger partial charge on any atom is -0.496 e. The summed E-state index contributed by atoms with van der Waals surface area (Å²) in [5.41, 5.74) is 4.61. The first kappa shape index (κ1) is 14.4. The van der Waals surface area contributed by atoms with Crippen LogP contribution in [0.3, 0.4) is 0 Å². The first-order valence-corrected chi connectivity index (χ1v) is 7.84. The molecule has 0 radical (unpaired) electrons. The standard InChI is InChI=1S/C19H24O2/c1-12-8-15-14(10-18(12)21-4)9-13-6-5-7-19(2,3)16(13)11-17(15)20/h8-10,16H,5-7,11H2,1-4H3. The highest BCUT2D eigenvalue weighted by Gasteiger charge is 2.38. The van der Waals surface area contributed by atoms with E-state index in [4.69, 9.17) is 4.74 Å². The summed E-state index contributed by atoms with van der Waals surface area (Å²) in [6.45, 7) is 6.61. The summed E-state index contributed by atoms with van der Waals surface area (Å²) >= 11 is 0. The lowest BCUT2D eigenvalue weighted by Crippen LogP contribution is -2.30. The molecule has 0 bridgehead atoms. The first-order chi connectivity index (χ1) is 9.92. The number of ether oxygens (including phenoxy) is 1. The summed E-state index contributed by atoms with van der Waals surface area (Å²) in [7, 11) is 1.69. The van der Waals surface area contributed by atoms with Crippen LogP contribution in [0.4, 0.5) is 0 Å². The highest BCUT2D eigenvalue weighted by Crippen LogP contribution is 2.48. The van der Waals surface area contributed by atoms with E-state index in [0.29, 0.717) is 12.3 Å². The molecule has 1 aromatic carbocycles. The Morgan fingerprint density at radius 3 is 2.76 bits per heavy atom. The van der Waals surface area contributed by atoms with E-state index in [2.05, 4.69) is 19.9 Å². The van der Waals surface area contributed by atoms with E-state index in [-0.39, 0.29) is 11.2 Å². The Morgan fingerprint density at radius 2 is 2.05 bits per heavy atom. The highest BCUT2D eigenvalue weighted by molar-refractivity contribution is 6.01. The van der Waals surface area contributed by atoms with Gasteiger partial charge in [-0.1, -0.05) is 25.5 Å². The molecule has 3 rings (SSSR count). The average Bonchev–Trinajstić information content (AvgIpc) is 2.56. The van der Waals surface area contributed by atoms with Gasteiger partial charge in [0.2, 0.25) is 0 Å². The van der Waals surface area contributed by atoms with Gasteiger partial charge in [-0.05, 0) is 60.8 Å². The quantitative estimate of drug-likeness (QED) is 0.740. The van der Waals surface area contributed by atoms with Crippen LogP contribution in [0.2, 0.25) is 0 Å². The van der Waals surface area contributed by atoms with Crippen molar-refractivity contribution in [3.63, 3.8) is 0 Å². The molecule has 0 saturated heterocycles. The summed E-state index contributed by atoms with van der Waals surface area (Å²) in [5.74, 6) is 1.53. The molecule has 1 fully saturated rings. The van der Waals surface area contributed by atoms with Gasteiger partial charge in [-0.3, -0.25) is 4.79 Å². The Bertz CT molecular complexity index is 623. The Labute approximate surface area is 127 Å². The number of hydrogen-bond donors (Lipinski definition) is 0. The Hall–Kier alpha value is -1.57. The van der Waals surface area contributed by atoms with Gasteiger partial charge >= 0.3 is 0 Å². The number of carbonyl (C=O) groups excluding carboxylic acids is 1. The van der Waals surface area contributed by atoms with Crippen molar-refractivity contribution in [3.05, 3.63) is 34.4 Å². The number of fused-ring (bicyclic) bond motifs is 2. The predicted molar refractivity (Wildman–Crippen MR) is 85.8 cm³/mol. The number of aryl methyl sites for hydroxylation is 1. The van der Waals surface area contributed by atoms with E-state index in [9.17, 15) is 4.79 Å². The van der Waals surface area contributed by atoms with E-state index in [1.54, 1.807) is 7.11 Å². The molecule has 2 heteroatoms. The highest BCUT2D eigenvalue weighted by atomic mass is 16.5. The topological polar surface area (TPSA) is 26.3 Å². The number of hydrogen-bond acceptors (Lipinski definition) is 2. The zero-order chi connectivity index (χ0) is 15.2. The van der Waals surface area contributed by atoms with Crippen LogP contribution in [0.15, 0.2) is 17.7 Å². The molecular formula is C19H24O2. The Balaban J connectivity index is 2.13. The van der Waals surface area contributed by atoms with Gasteiger partial charge in [-0.2, -0.15) is 0 Å². The third-order valence-electron chi connectivity index (χ3n) is 5.28. The molecule has 0 aromatic heterocycles. The second-order valence-corrected chi connectivity index (χ2v) is 7.15. The molecular weight excluding hydrogens is 260 g/mol. The molecule has 1 atom stereocenters. The molecule has 0 aliphatic heterocycles. The third-order valence-corrected chi connectivity index (χ3v) is 5.28. The molecule has 0 spiro atoms. The summed E-state index contributed by atoms with van der Waals surface area (Å²) < 4.78 is 5.42. The van der Waals surface area contributed by atoms with Crippen LogP contribution in [-0.4, -0.2) is 12.9 Å². The van der Waals surface area contributed by atoms with Gasteiger partial charge in [0.05, 0.1) is 7.11 Å². The summed E-state index contributed by atoms with van der Waals surface area (Å²) in [6.07, 6.45) is 6.46. The SMILES string of the molecule is COc1cc2c(cc1C)C(=O)CC1C(=C2)CCCC1(C)C. The van der Waals surface area contributed by atoms with Crippen molar-refractivity contribution < 1.29 is 9.53 Å². The van der Waals surface area contributed by atoms with E-state index in [0.717, 1.165) is 28.9 Å². The van der Waals surface area contributed by atoms with Crippen LogP contribution in [0.25, 0.3) is 6.08 Å². The molecule has 0 amide bonds. The van der Waals surface area contributed by atoms with Gasteiger partial charge in [-0.25, -0.2) is 0 Å². The molecule has 1 saturated carbocycles. The van der Waals surface area contributed by atoms with E-state index >= 15 is 0 Å². The lowest BCUT2D eigenvalue weighted by molar-refractivity contribution is 0.0906. The number of methoxy groups -OCH3 is 1. The van der Waals surface area contributed by atoms with Gasteiger partial charge in [0.25, 0.3) is 0 Å². The normalized spacial score (nSPS) is 23.7. The van der Waals surface area contributed by atoms with Crippen LogP contribution < -0.4 is 4.74 Å². The second-order valence-electron chi connectivity index (χ2n) is 7.15. The largest absolute Gasteiger partial charge is 0.496 e. The van der Waals surface area contributed by atoms with Crippen molar-refractivity contribution in [1.82, 2.24) is 0 Å². The molecule has 1 unspecified atom stereocenters. The average molecular weight is 284 g/mol. The van der Waals surface area contributed by atoms with Gasteiger partial charge in [-0.15, -0.1) is 0 Å². The zero-order valence-electron chi connectivity index (χ0n) is 13.5. The smallest absolute Gasteiger partial charge is 0.164 e. The van der Waals surface area contributed by atoms with Crippen molar-refractivity contribution >= 4 is 11.9 Å². The molecule has 2 nitrogen and oxygen atoms in total. The monoisotopic (exact) mass is 284 g/mol. The third kappa shape index (κ3) is 2.41. The van der Waals surface area contributed by atoms with Crippen LogP contribution in [0, 0.1) is 18.3 Å². The predicted octanol–water partition coefficient (Wildman–Crippen LogP) is 4.80. The summed E-state index contributed by atoms with van der Waals surface area (Å²) in [5, 5.41) is 0. The van der Waals surface area contributed by atoms with Crippen molar-refractivity contribution in [2.45, 2.75) is 46.5 Å². The minimum absolute atomic E-state index is 0.223.